The topological polar surface area (TPSA) is 29.3 Å². The third kappa shape index (κ3) is 8.12. The first kappa shape index (κ1) is 15.9. The summed E-state index contributed by atoms with van der Waals surface area (Å²) in [5, 5.41) is 0. The molecule has 2 nitrogen and oxygen atoms in total. The van der Waals surface area contributed by atoms with Crippen molar-refractivity contribution in [2.45, 2.75) is 59.8 Å². The maximum Gasteiger partial charge on any atom is -0.00187 e. The smallest absolute Gasteiger partial charge is 0.00187 e. The molecule has 0 spiro atoms. The average molecular weight is 228 g/mol. The molecule has 2 N–H and O–H groups in total. The summed E-state index contributed by atoms with van der Waals surface area (Å²) in [6.07, 6.45) is 6.39. The molecule has 98 valence electrons. The van der Waals surface area contributed by atoms with Crippen LogP contribution in [0.1, 0.15) is 59.8 Å². The van der Waals surface area contributed by atoms with Crippen LogP contribution in [0, 0.1) is 5.41 Å². The second-order valence-electron chi connectivity index (χ2n) is 5.59. The highest BCUT2D eigenvalue weighted by Crippen LogP contribution is 2.25. The molecule has 0 aromatic carbocycles. The van der Waals surface area contributed by atoms with E-state index in [4.69, 9.17) is 5.73 Å². The quantitative estimate of drug-likeness (QED) is 0.622. The van der Waals surface area contributed by atoms with Gasteiger partial charge in [0.05, 0.1) is 0 Å². The molecule has 16 heavy (non-hydrogen) atoms. The van der Waals surface area contributed by atoms with E-state index < -0.39 is 0 Å². The van der Waals surface area contributed by atoms with Crippen LogP contribution in [0.5, 0.6) is 0 Å². The van der Waals surface area contributed by atoms with Gasteiger partial charge in [0.15, 0.2) is 0 Å². The van der Waals surface area contributed by atoms with Crippen molar-refractivity contribution in [1.82, 2.24) is 4.90 Å². The highest BCUT2D eigenvalue weighted by atomic mass is 15.1. The van der Waals surface area contributed by atoms with E-state index in [1.165, 1.54) is 45.3 Å². The third-order valence-electron chi connectivity index (χ3n) is 3.42. The summed E-state index contributed by atoms with van der Waals surface area (Å²) in [6.45, 7) is 13.7. The summed E-state index contributed by atoms with van der Waals surface area (Å²) in [4.78, 5) is 2.57. The van der Waals surface area contributed by atoms with Gasteiger partial charge in [0, 0.05) is 0 Å². The maximum absolute atomic E-state index is 5.63. The Bertz CT molecular complexity index is 155. The molecule has 2 heteroatoms. The van der Waals surface area contributed by atoms with Crippen LogP contribution in [0.15, 0.2) is 0 Å². The lowest BCUT2D eigenvalue weighted by atomic mass is 9.84. The summed E-state index contributed by atoms with van der Waals surface area (Å²) < 4.78 is 0. The van der Waals surface area contributed by atoms with Crippen LogP contribution >= 0.6 is 0 Å². The molecule has 0 rings (SSSR count). The van der Waals surface area contributed by atoms with Crippen LogP contribution in [0.25, 0.3) is 0 Å². The Hall–Kier alpha value is -0.0800. The Labute approximate surface area is 103 Å². The molecule has 0 fully saturated rings. The monoisotopic (exact) mass is 228 g/mol. The van der Waals surface area contributed by atoms with Crippen molar-refractivity contribution in [2.75, 3.05) is 26.2 Å². The molecule has 0 saturated carbocycles. The Balaban J connectivity index is 3.68. The van der Waals surface area contributed by atoms with Gasteiger partial charge < -0.3 is 10.6 Å². The van der Waals surface area contributed by atoms with Gasteiger partial charge in [0.25, 0.3) is 0 Å². The van der Waals surface area contributed by atoms with Gasteiger partial charge in [-0.2, -0.15) is 0 Å². The van der Waals surface area contributed by atoms with E-state index in [-0.39, 0.29) is 0 Å². The largest absolute Gasteiger partial charge is 0.330 e. The van der Waals surface area contributed by atoms with Crippen LogP contribution in [0.4, 0.5) is 0 Å². The molecule has 0 saturated heterocycles. The fraction of sp³-hybridized carbons (Fsp3) is 1.00. The zero-order chi connectivity index (χ0) is 12.4. The van der Waals surface area contributed by atoms with Crippen molar-refractivity contribution >= 4 is 0 Å². The molecule has 0 aliphatic carbocycles. The zero-order valence-corrected chi connectivity index (χ0v) is 11.9. The predicted octanol–water partition coefficient (Wildman–Crippen LogP) is 3.26. The van der Waals surface area contributed by atoms with Crippen molar-refractivity contribution in [3.63, 3.8) is 0 Å². The lowest BCUT2D eigenvalue weighted by Crippen LogP contribution is -2.27. The Morgan fingerprint density at radius 2 is 1.62 bits per heavy atom. The molecule has 0 atom stereocenters. The Morgan fingerprint density at radius 1 is 1.00 bits per heavy atom. The summed E-state index contributed by atoms with van der Waals surface area (Å²) in [5.41, 5.74) is 6.06. The normalized spacial score (nSPS) is 12.4. The summed E-state index contributed by atoms with van der Waals surface area (Å²) in [5.74, 6) is 0. The molecule has 0 amide bonds. The molecular formula is C14H32N2. The number of nitrogens with two attached hydrogens (primary N) is 1. The number of nitrogens with zero attached hydrogens (tertiary/aromatic N) is 1. The van der Waals surface area contributed by atoms with Crippen LogP contribution in [0.2, 0.25) is 0 Å². The fourth-order valence-corrected chi connectivity index (χ4v) is 2.11. The number of rotatable bonds is 10. The lowest BCUT2D eigenvalue weighted by Gasteiger charge is -2.26. The highest BCUT2D eigenvalue weighted by Gasteiger charge is 2.16. The lowest BCUT2D eigenvalue weighted by molar-refractivity contribution is 0.240. The second-order valence-corrected chi connectivity index (χ2v) is 5.59. The first-order valence-electron chi connectivity index (χ1n) is 6.98. The zero-order valence-electron chi connectivity index (χ0n) is 11.9. The molecule has 0 heterocycles. The van der Waals surface area contributed by atoms with Gasteiger partial charge in [0.1, 0.15) is 0 Å². The van der Waals surface area contributed by atoms with E-state index in [1.807, 2.05) is 0 Å². The van der Waals surface area contributed by atoms with Gasteiger partial charge in [-0.1, -0.05) is 34.1 Å². The van der Waals surface area contributed by atoms with Crippen LogP contribution in [0.3, 0.4) is 0 Å². The van der Waals surface area contributed by atoms with Crippen LogP contribution in [-0.4, -0.2) is 31.1 Å². The number of hydrogen-bond donors (Lipinski definition) is 1. The average Bonchev–Trinajstić information content (AvgIpc) is 2.22. The standard InChI is InChI=1S/C14H32N2/c1-5-7-12-16(6-2)13-8-9-14(3,4)10-11-15/h5-13,15H2,1-4H3. The van der Waals surface area contributed by atoms with Crippen molar-refractivity contribution in [3.05, 3.63) is 0 Å². The van der Waals surface area contributed by atoms with E-state index in [9.17, 15) is 0 Å². The second kappa shape index (κ2) is 9.00. The van der Waals surface area contributed by atoms with Gasteiger partial charge in [-0.3, -0.25) is 0 Å². The summed E-state index contributed by atoms with van der Waals surface area (Å²) >= 11 is 0. The van der Waals surface area contributed by atoms with Crippen LogP contribution in [-0.2, 0) is 0 Å². The molecule has 0 radical (unpaired) electrons. The first-order chi connectivity index (χ1) is 7.55. The minimum atomic E-state index is 0.429. The maximum atomic E-state index is 5.63. The van der Waals surface area contributed by atoms with Crippen molar-refractivity contribution in [2.24, 2.45) is 11.1 Å². The molecule has 0 aliphatic rings. The molecule has 0 unspecified atom stereocenters. The van der Waals surface area contributed by atoms with E-state index in [1.54, 1.807) is 0 Å². The van der Waals surface area contributed by atoms with Gasteiger partial charge in [-0.05, 0) is 57.3 Å². The van der Waals surface area contributed by atoms with E-state index >= 15 is 0 Å². The Morgan fingerprint density at radius 3 is 2.12 bits per heavy atom. The summed E-state index contributed by atoms with van der Waals surface area (Å²) in [6, 6.07) is 0. The predicted molar refractivity (Wildman–Crippen MR) is 73.7 cm³/mol. The molecule has 0 aromatic heterocycles. The third-order valence-corrected chi connectivity index (χ3v) is 3.42. The molecule has 0 aliphatic heterocycles. The minimum Gasteiger partial charge on any atom is -0.330 e. The van der Waals surface area contributed by atoms with Gasteiger partial charge in [-0.25, -0.2) is 0 Å². The first-order valence-corrected chi connectivity index (χ1v) is 6.98. The number of unbranched alkanes of at least 4 members (excludes halogenated alkanes) is 1. The molecular weight excluding hydrogens is 196 g/mol. The van der Waals surface area contributed by atoms with E-state index in [0.717, 1.165) is 13.0 Å². The fourth-order valence-electron chi connectivity index (χ4n) is 2.11. The highest BCUT2D eigenvalue weighted by molar-refractivity contribution is 4.70. The SMILES string of the molecule is CCCCN(CC)CCCC(C)(C)CCN. The van der Waals surface area contributed by atoms with E-state index in [2.05, 4.69) is 32.6 Å². The van der Waals surface area contributed by atoms with Crippen LogP contribution < -0.4 is 5.73 Å². The Kier molecular flexibility index (Phi) is 8.96. The molecule has 0 bridgehead atoms. The van der Waals surface area contributed by atoms with Gasteiger partial charge in [-0.15, -0.1) is 0 Å². The minimum absolute atomic E-state index is 0.429. The van der Waals surface area contributed by atoms with E-state index in [0.29, 0.717) is 5.41 Å². The number of hydrogen-bond acceptors (Lipinski definition) is 2. The molecule has 0 aromatic rings. The van der Waals surface area contributed by atoms with Crippen molar-refractivity contribution < 1.29 is 0 Å². The van der Waals surface area contributed by atoms with Crippen molar-refractivity contribution in [1.29, 1.82) is 0 Å². The van der Waals surface area contributed by atoms with Crippen molar-refractivity contribution in [3.8, 4) is 0 Å². The summed E-state index contributed by atoms with van der Waals surface area (Å²) in [7, 11) is 0. The van der Waals surface area contributed by atoms with Gasteiger partial charge in [0.2, 0.25) is 0 Å². The van der Waals surface area contributed by atoms with Gasteiger partial charge >= 0.3 is 0 Å².